The van der Waals surface area contributed by atoms with Gasteiger partial charge in [-0.25, -0.2) is 8.42 Å². The van der Waals surface area contributed by atoms with Crippen molar-refractivity contribution in [2.24, 2.45) is 0 Å². The van der Waals surface area contributed by atoms with Crippen LogP contribution in [0.3, 0.4) is 0 Å². The molecule has 4 nitrogen and oxygen atoms in total. The van der Waals surface area contributed by atoms with Gasteiger partial charge >= 0.3 is 0 Å². The molecule has 0 aliphatic rings. The van der Waals surface area contributed by atoms with E-state index in [2.05, 4.69) is 21.2 Å². The largest absolute Gasteiger partial charge is 0.350 e. The Balaban J connectivity index is 2.67. The molecule has 0 aliphatic heterocycles. The summed E-state index contributed by atoms with van der Waals surface area (Å²) in [6.45, 7) is 3.27. The zero-order valence-corrected chi connectivity index (χ0v) is 13.0. The topological polar surface area (TPSA) is 63.2 Å². The molecule has 0 fully saturated rings. The van der Waals surface area contributed by atoms with E-state index in [9.17, 15) is 13.2 Å². The van der Waals surface area contributed by atoms with Crippen LogP contribution in [0.15, 0.2) is 15.2 Å². The van der Waals surface area contributed by atoms with Crippen LogP contribution in [-0.2, 0) is 9.84 Å². The van der Waals surface area contributed by atoms with Crippen molar-refractivity contribution in [2.75, 3.05) is 12.8 Å². The highest BCUT2D eigenvalue weighted by atomic mass is 79.9. The maximum absolute atomic E-state index is 11.7. The fraction of sp³-hybridized carbons (Fsp3) is 0.500. The molecule has 0 aromatic carbocycles. The third-order valence-electron chi connectivity index (χ3n) is 2.51. The summed E-state index contributed by atoms with van der Waals surface area (Å²) in [7, 11) is -3.20. The number of rotatable bonds is 4. The second-order valence-corrected chi connectivity index (χ2v) is 9.29. The fourth-order valence-electron chi connectivity index (χ4n) is 0.955. The first kappa shape index (κ1) is 14.7. The standard InChI is InChI=1S/C10H14BrNO3S2/c1-10(2,17(3,14)15)6-12-9(13)7-4-8(11)16-5-7/h4-5H,6H2,1-3H3,(H,12,13). The van der Waals surface area contributed by atoms with Crippen molar-refractivity contribution >= 4 is 43.0 Å². The SMILES string of the molecule is CC(C)(CNC(=O)c1csc(Br)c1)S(C)(=O)=O. The van der Waals surface area contributed by atoms with E-state index in [4.69, 9.17) is 0 Å². The van der Waals surface area contributed by atoms with Gasteiger partial charge in [-0.1, -0.05) is 0 Å². The Morgan fingerprint density at radius 3 is 2.53 bits per heavy atom. The Labute approximate surface area is 113 Å². The Kier molecular flexibility index (Phi) is 4.38. The second-order valence-electron chi connectivity index (χ2n) is 4.35. The minimum atomic E-state index is -3.20. The maximum Gasteiger partial charge on any atom is 0.252 e. The van der Waals surface area contributed by atoms with Gasteiger partial charge in [-0.2, -0.15) is 0 Å². The minimum Gasteiger partial charge on any atom is -0.350 e. The van der Waals surface area contributed by atoms with Gasteiger partial charge in [0.05, 0.1) is 14.1 Å². The van der Waals surface area contributed by atoms with Gasteiger partial charge in [-0.05, 0) is 35.8 Å². The van der Waals surface area contributed by atoms with E-state index < -0.39 is 14.6 Å². The Morgan fingerprint density at radius 1 is 1.53 bits per heavy atom. The van der Waals surface area contributed by atoms with Gasteiger partial charge in [0.15, 0.2) is 9.84 Å². The number of sulfone groups is 1. The van der Waals surface area contributed by atoms with Crippen LogP contribution in [-0.4, -0.2) is 31.9 Å². The lowest BCUT2D eigenvalue weighted by molar-refractivity contribution is 0.0951. The van der Waals surface area contributed by atoms with Gasteiger partial charge in [-0.15, -0.1) is 11.3 Å². The van der Waals surface area contributed by atoms with E-state index in [0.717, 1.165) is 3.79 Å². The molecule has 0 unspecified atom stereocenters. The van der Waals surface area contributed by atoms with Crippen LogP contribution in [0, 0.1) is 0 Å². The fourth-order valence-corrected chi connectivity index (χ4v) is 2.43. The van der Waals surface area contributed by atoms with Crippen LogP contribution in [0.1, 0.15) is 24.2 Å². The molecule has 0 aliphatic carbocycles. The molecule has 0 saturated heterocycles. The molecular weight excluding hydrogens is 326 g/mol. The number of carbonyl (C=O) groups excluding carboxylic acids is 1. The molecule has 7 heteroatoms. The molecule has 1 amide bonds. The number of carbonyl (C=O) groups is 1. The first-order valence-corrected chi connectivity index (χ1v) is 8.42. The summed E-state index contributed by atoms with van der Waals surface area (Å²) < 4.78 is 22.8. The van der Waals surface area contributed by atoms with Crippen molar-refractivity contribution in [2.45, 2.75) is 18.6 Å². The molecule has 0 radical (unpaired) electrons. The number of nitrogens with one attached hydrogen (secondary N) is 1. The predicted octanol–water partition coefficient (Wildman–Crippen LogP) is 2.06. The Hall–Kier alpha value is -0.400. The van der Waals surface area contributed by atoms with E-state index in [1.165, 1.54) is 17.6 Å². The molecular formula is C10H14BrNO3S2. The van der Waals surface area contributed by atoms with Gasteiger partial charge in [0.1, 0.15) is 0 Å². The highest BCUT2D eigenvalue weighted by Gasteiger charge is 2.30. The van der Waals surface area contributed by atoms with E-state index >= 15 is 0 Å². The summed E-state index contributed by atoms with van der Waals surface area (Å²) in [5.74, 6) is -0.260. The maximum atomic E-state index is 11.7. The van der Waals surface area contributed by atoms with Gasteiger partial charge in [0, 0.05) is 18.2 Å². The van der Waals surface area contributed by atoms with Gasteiger partial charge in [-0.3, -0.25) is 4.79 Å². The molecule has 1 heterocycles. The van der Waals surface area contributed by atoms with E-state index in [1.807, 2.05) is 0 Å². The summed E-state index contributed by atoms with van der Waals surface area (Å²) >= 11 is 4.67. The molecule has 1 aromatic rings. The average Bonchev–Trinajstić information content (AvgIpc) is 2.59. The average molecular weight is 340 g/mol. The normalized spacial score (nSPS) is 12.5. The van der Waals surface area contributed by atoms with Crippen molar-refractivity contribution in [1.29, 1.82) is 0 Å². The summed E-state index contributed by atoms with van der Waals surface area (Å²) in [5, 5.41) is 4.34. The Bertz CT molecular complexity index is 519. The van der Waals surface area contributed by atoms with Crippen molar-refractivity contribution in [3.63, 3.8) is 0 Å². The van der Waals surface area contributed by atoms with Gasteiger partial charge in [0.25, 0.3) is 5.91 Å². The molecule has 1 aromatic heterocycles. The number of halogens is 1. The number of thiophene rings is 1. The highest BCUT2D eigenvalue weighted by molar-refractivity contribution is 9.11. The summed E-state index contributed by atoms with van der Waals surface area (Å²) in [6.07, 6.45) is 1.17. The van der Waals surface area contributed by atoms with E-state index in [0.29, 0.717) is 5.56 Å². The quantitative estimate of drug-likeness (QED) is 0.913. The highest BCUT2D eigenvalue weighted by Crippen LogP contribution is 2.21. The molecule has 1 N–H and O–H groups in total. The minimum absolute atomic E-state index is 0.0954. The number of amides is 1. The summed E-state index contributed by atoms with van der Waals surface area (Å²) in [5.41, 5.74) is 0.533. The van der Waals surface area contributed by atoms with E-state index in [1.54, 1.807) is 25.3 Å². The van der Waals surface area contributed by atoms with Gasteiger partial charge in [0.2, 0.25) is 0 Å². The zero-order chi connectivity index (χ0) is 13.3. The van der Waals surface area contributed by atoms with Crippen LogP contribution >= 0.6 is 27.3 Å². The zero-order valence-electron chi connectivity index (χ0n) is 9.78. The van der Waals surface area contributed by atoms with Crippen LogP contribution in [0.4, 0.5) is 0 Å². The molecule has 96 valence electrons. The predicted molar refractivity (Wildman–Crippen MR) is 73.3 cm³/mol. The molecule has 0 bridgehead atoms. The number of hydrogen-bond acceptors (Lipinski definition) is 4. The van der Waals surface area contributed by atoms with Crippen LogP contribution < -0.4 is 5.32 Å². The van der Waals surface area contributed by atoms with E-state index in [-0.39, 0.29) is 12.5 Å². The van der Waals surface area contributed by atoms with Crippen molar-refractivity contribution < 1.29 is 13.2 Å². The molecule has 17 heavy (non-hydrogen) atoms. The smallest absolute Gasteiger partial charge is 0.252 e. The molecule has 0 atom stereocenters. The Morgan fingerprint density at radius 2 is 2.12 bits per heavy atom. The molecule has 0 spiro atoms. The third kappa shape index (κ3) is 3.79. The van der Waals surface area contributed by atoms with Crippen LogP contribution in [0.25, 0.3) is 0 Å². The lowest BCUT2D eigenvalue weighted by atomic mass is 10.2. The van der Waals surface area contributed by atoms with Crippen molar-refractivity contribution in [3.05, 3.63) is 20.8 Å². The lowest BCUT2D eigenvalue weighted by Crippen LogP contribution is -2.43. The third-order valence-corrected chi connectivity index (χ3v) is 6.16. The first-order valence-electron chi connectivity index (χ1n) is 4.85. The monoisotopic (exact) mass is 339 g/mol. The lowest BCUT2D eigenvalue weighted by Gasteiger charge is -2.22. The first-order chi connectivity index (χ1) is 7.63. The molecule has 0 saturated carbocycles. The summed E-state index contributed by atoms with van der Waals surface area (Å²) in [4.78, 5) is 11.7. The van der Waals surface area contributed by atoms with Crippen molar-refractivity contribution in [1.82, 2.24) is 5.32 Å². The summed E-state index contributed by atoms with van der Waals surface area (Å²) in [6, 6.07) is 1.70. The van der Waals surface area contributed by atoms with Gasteiger partial charge < -0.3 is 5.32 Å². The molecule has 1 rings (SSSR count). The number of hydrogen-bond donors (Lipinski definition) is 1. The second kappa shape index (κ2) is 5.07. The van der Waals surface area contributed by atoms with Crippen LogP contribution in [0.2, 0.25) is 0 Å². The van der Waals surface area contributed by atoms with Crippen LogP contribution in [0.5, 0.6) is 0 Å². The van der Waals surface area contributed by atoms with Crippen molar-refractivity contribution in [3.8, 4) is 0 Å².